The van der Waals surface area contributed by atoms with E-state index >= 15 is 0 Å². The zero-order chi connectivity index (χ0) is 15.4. The number of aromatic nitrogens is 2. The third-order valence-electron chi connectivity index (χ3n) is 4.39. The highest BCUT2D eigenvalue weighted by Gasteiger charge is 2.27. The van der Waals surface area contributed by atoms with E-state index in [0.717, 1.165) is 50.5 Å². The van der Waals surface area contributed by atoms with Crippen LogP contribution in [0.25, 0.3) is 0 Å². The van der Waals surface area contributed by atoms with Crippen molar-refractivity contribution in [1.29, 1.82) is 0 Å². The van der Waals surface area contributed by atoms with E-state index in [1.807, 2.05) is 13.0 Å². The quantitative estimate of drug-likeness (QED) is 0.908. The average molecular weight is 304 g/mol. The fourth-order valence-electron chi connectivity index (χ4n) is 3.12. The summed E-state index contributed by atoms with van der Waals surface area (Å²) in [5, 5.41) is 3.05. The van der Waals surface area contributed by atoms with Crippen molar-refractivity contribution < 1.29 is 9.53 Å². The largest absolute Gasteiger partial charge is 0.376 e. The molecule has 0 bridgehead atoms. The topological polar surface area (TPSA) is 67.4 Å². The highest BCUT2D eigenvalue weighted by molar-refractivity contribution is 5.79. The van der Waals surface area contributed by atoms with Crippen molar-refractivity contribution in [3.63, 3.8) is 0 Å². The van der Waals surface area contributed by atoms with E-state index in [9.17, 15) is 4.79 Å². The van der Waals surface area contributed by atoms with Crippen molar-refractivity contribution >= 4 is 11.9 Å². The molecule has 0 aromatic carbocycles. The first-order valence-electron chi connectivity index (χ1n) is 8.16. The smallest absolute Gasteiger partial charge is 0.225 e. The van der Waals surface area contributed by atoms with Gasteiger partial charge in [-0.25, -0.2) is 9.97 Å². The van der Waals surface area contributed by atoms with Gasteiger partial charge in [-0.2, -0.15) is 0 Å². The lowest BCUT2D eigenvalue weighted by molar-refractivity contribution is -0.125. The number of hydrogen-bond acceptors (Lipinski definition) is 5. The SMILES string of the molecule is Cc1ccnc(N2CCCC(C(=O)NCC3CCCO3)C2)n1. The maximum Gasteiger partial charge on any atom is 0.225 e. The van der Waals surface area contributed by atoms with Crippen LogP contribution in [0.5, 0.6) is 0 Å². The van der Waals surface area contributed by atoms with Crippen LogP contribution in [0.1, 0.15) is 31.4 Å². The van der Waals surface area contributed by atoms with Crippen LogP contribution in [0.15, 0.2) is 12.3 Å². The molecule has 0 aliphatic carbocycles. The molecule has 1 aromatic rings. The van der Waals surface area contributed by atoms with Gasteiger partial charge < -0.3 is 15.0 Å². The van der Waals surface area contributed by atoms with Gasteiger partial charge in [-0.05, 0) is 38.7 Å². The van der Waals surface area contributed by atoms with E-state index in [1.165, 1.54) is 0 Å². The molecule has 2 saturated heterocycles. The molecule has 2 aliphatic heterocycles. The van der Waals surface area contributed by atoms with Gasteiger partial charge in [-0.3, -0.25) is 4.79 Å². The van der Waals surface area contributed by atoms with Gasteiger partial charge in [0.05, 0.1) is 12.0 Å². The molecule has 2 unspecified atom stereocenters. The number of aryl methyl sites for hydroxylation is 1. The zero-order valence-corrected chi connectivity index (χ0v) is 13.1. The molecule has 1 amide bonds. The van der Waals surface area contributed by atoms with Crippen LogP contribution in [-0.2, 0) is 9.53 Å². The Bertz CT molecular complexity index is 517. The lowest BCUT2D eigenvalue weighted by Gasteiger charge is -2.32. The number of ether oxygens (including phenoxy) is 1. The maximum atomic E-state index is 12.4. The molecule has 3 heterocycles. The van der Waals surface area contributed by atoms with Crippen LogP contribution in [0, 0.1) is 12.8 Å². The Morgan fingerprint density at radius 2 is 2.36 bits per heavy atom. The highest BCUT2D eigenvalue weighted by atomic mass is 16.5. The number of nitrogens with zero attached hydrogens (tertiary/aromatic N) is 3. The fourth-order valence-corrected chi connectivity index (χ4v) is 3.12. The van der Waals surface area contributed by atoms with Crippen molar-refractivity contribution in [2.24, 2.45) is 5.92 Å². The first-order chi connectivity index (χ1) is 10.7. The van der Waals surface area contributed by atoms with Crippen LogP contribution >= 0.6 is 0 Å². The second-order valence-electron chi connectivity index (χ2n) is 6.16. The van der Waals surface area contributed by atoms with Crippen molar-refractivity contribution in [2.75, 3.05) is 31.1 Å². The van der Waals surface area contributed by atoms with E-state index in [0.29, 0.717) is 13.1 Å². The van der Waals surface area contributed by atoms with Gasteiger partial charge in [0.2, 0.25) is 11.9 Å². The third-order valence-corrected chi connectivity index (χ3v) is 4.39. The van der Waals surface area contributed by atoms with Gasteiger partial charge >= 0.3 is 0 Å². The number of rotatable bonds is 4. The molecule has 6 heteroatoms. The third kappa shape index (κ3) is 3.74. The Morgan fingerprint density at radius 1 is 1.45 bits per heavy atom. The normalized spacial score (nSPS) is 25.2. The summed E-state index contributed by atoms with van der Waals surface area (Å²) < 4.78 is 5.55. The Morgan fingerprint density at radius 3 is 3.14 bits per heavy atom. The standard InChI is InChI=1S/C16H24N4O2/c1-12-6-7-17-16(19-12)20-8-2-4-13(11-20)15(21)18-10-14-5-3-9-22-14/h6-7,13-14H,2-5,8-11H2,1H3,(H,18,21). The first-order valence-corrected chi connectivity index (χ1v) is 8.16. The Balaban J connectivity index is 1.54. The predicted octanol–water partition coefficient (Wildman–Crippen LogP) is 1.30. The van der Waals surface area contributed by atoms with Gasteiger partial charge in [0.25, 0.3) is 0 Å². The molecule has 0 spiro atoms. The summed E-state index contributed by atoms with van der Waals surface area (Å²) in [4.78, 5) is 23.3. The molecule has 2 fully saturated rings. The minimum atomic E-state index is 0.0132. The summed E-state index contributed by atoms with van der Waals surface area (Å²) in [6, 6.07) is 1.89. The first kappa shape index (κ1) is 15.2. The van der Waals surface area contributed by atoms with Crippen LogP contribution in [-0.4, -0.2) is 48.2 Å². The van der Waals surface area contributed by atoms with Gasteiger partial charge in [0, 0.05) is 38.1 Å². The highest BCUT2D eigenvalue weighted by Crippen LogP contribution is 2.20. The van der Waals surface area contributed by atoms with Crippen molar-refractivity contribution in [1.82, 2.24) is 15.3 Å². The van der Waals surface area contributed by atoms with Crippen LogP contribution < -0.4 is 10.2 Å². The summed E-state index contributed by atoms with van der Waals surface area (Å²) in [6.45, 7) is 5.03. The van der Waals surface area contributed by atoms with Crippen molar-refractivity contribution in [3.05, 3.63) is 18.0 Å². The van der Waals surface area contributed by atoms with Gasteiger partial charge in [0.1, 0.15) is 0 Å². The van der Waals surface area contributed by atoms with Crippen LogP contribution in [0.4, 0.5) is 5.95 Å². The van der Waals surface area contributed by atoms with Gasteiger partial charge in [-0.1, -0.05) is 0 Å². The molecule has 2 atom stereocenters. The summed E-state index contributed by atoms with van der Waals surface area (Å²) in [6.07, 6.45) is 6.05. The molecule has 3 rings (SSSR count). The number of anilines is 1. The minimum absolute atomic E-state index is 0.0132. The van der Waals surface area contributed by atoms with Gasteiger partial charge in [0.15, 0.2) is 0 Å². The molecule has 1 aromatic heterocycles. The second-order valence-corrected chi connectivity index (χ2v) is 6.16. The molecule has 22 heavy (non-hydrogen) atoms. The zero-order valence-electron chi connectivity index (χ0n) is 13.1. The Labute approximate surface area is 131 Å². The monoisotopic (exact) mass is 304 g/mol. The molecule has 6 nitrogen and oxygen atoms in total. The Hall–Kier alpha value is -1.69. The van der Waals surface area contributed by atoms with Crippen LogP contribution in [0.2, 0.25) is 0 Å². The van der Waals surface area contributed by atoms with E-state index in [4.69, 9.17) is 4.74 Å². The molecule has 0 saturated carbocycles. The number of hydrogen-bond donors (Lipinski definition) is 1. The molecule has 2 aliphatic rings. The number of amides is 1. The lowest BCUT2D eigenvalue weighted by Crippen LogP contribution is -2.45. The summed E-state index contributed by atoms with van der Waals surface area (Å²) in [5.41, 5.74) is 0.954. The number of nitrogens with one attached hydrogen (secondary N) is 1. The molecular weight excluding hydrogens is 280 g/mol. The van der Waals surface area contributed by atoms with E-state index in [1.54, 1.807) is 6.20 Å². The summed E-state index contributed by atoms with van der Waals surface area (Å²) in [7, 11) is 0. The van der Waals surface area contributed by atoms with E-state index < -0.39 is 0 Å². The molecular formula is C16H24N4O2. The maximum absolute atomic E-state index is 12.4. The summed E-state index contributed by atoms with van der Waals surface area (Å²) >= 11 is 0. The molecule has 1 N–H and O–H groups in total. The number of carbonyl (C=O) groups excluding carboxylic acids is 1. The van der Waals surface area contributed by atoms with Crippen LogP contribution in [0.3, 0.4) is 0 Å². The van der Waals surface area contributed by atoms with E-state index in [2.05, 4.69) is 20.2 Å². The average Bonchev–Trinajstić information content (AvgIpc) is 3.06. The molecule has 0 radical (unpaired) electrons. The fraction of sp³-hybridized carbons (Fsp3) is 0.688. The lowest BCUT2D eigenvalue weighted by atomic mass is 9.97. The summed E-state index contributed by atoms with van der Waals surface area (Å²) in [5.74, 6) is 0.878. The molecule has 120 valence electrons. The van der Waals surface area contributed by atoms with Gasteiger partial charge in [-0.15, -0.1) is 0 Å². The Kier molecular flexibility index (Phi) is 4.87. The second kappa shape index (κ2) is 7.05. The minimum Gasteiger partial charge on any atom is -0.376 e. The van der Waals surface area contributed by atoms with Crippen molar-refractivity contribution in [3.8, 4) is 0 Å². The van der Waals surface area contributed by atoms with E-state index in [-0.39, 0.29) is 17.9 Å². The van der Waals surface area contributed by atoms with Crippen molar-refractivity contribution in [2.45, 2.75) is 38.7 Å². The number of piperidine rings is 1. The predicted molar refractivity (Wildman–Crippen MR) is 83.7 cm³/mol. The number of carbonyl (C=O) groups is 1.